The number of nitrogens with zero attached hydrogens (tertiary/aromatic N) is 1. The number of hydrogen-bond acceptors (Lipinski definition) is 0. The molecule has 0 atom stereocenters. The SMILES string of the molecule is Brc1ccc(-c2c3ccccc3c(-c3ccccc3)c3ccccc23)cc1.c1ccc(-c2c3ccccc3c(-c3ccc(-n4c5ccccc5c5cc(-c6cccc7ccccc67)ccc54)cc3)c3ccccc23)cc1.c1ccc2c(-c3ccc4[nH]c5ccccc5c4c3)cccc2c1. The first-order valence-corrected chi connectivity index (χ1v) is 34.7. The van der Waals surface area contributed by atoms with Crippen molar-refractivity contribution < 1.29 is 0 Å². The maximum absolute atomic E-state index is 3.56. The fraction of sp³-hybridized carbons (Fsp3) is 0. The van der Waals surface area contributed by atoms with Crippen molar-refractivity contribution in [1.29, 1.82) is 0 Å². The lowest BCUT2D eigenvalue weighted by atomic mass is 9.86. The van der Waals surface area contributed by atoms with Crippen LogP contribution in [0.1, 0.15) is 0 Å². The van der Waals surface area contributed by atoms with E-state index in [0.29, 0.717) is 0 Å². The zero-order valence-corrected chi connectivity index (χ0v) is 55.7. The van der Waals surface area contributed by atoms with E-state index in [0.717, 1.165) is 10.2 Å². The molecular weight excluding hydrogens is 1260 g/mol. The number of H-pyrrole nitrogens is 1. The molecule has 2 heterocycles. The molecule has 20 rings (SSSR count). The summed E-state index contributed by atoms with van der Waals surface area (Å²) in [6.45, 7) is 0. The number of halogens is 1. The average Bonchev–Trinajstić information content (AvgIpc) is 1.28. The van der Waals surface area contributed by atoms with Crippen molar-refractivity contribution in [3.8, 4) is 72.4 Å². The summed E-state index contributed by atoms with van der Waals surface area (Å²) in [5.74, 6) is 0. The highest BCUT2D eigenvalue weighted by atomic mass is 79.9. The second-order valence-electron chi connectivity index (χ2n) is 25.5. The number of rotatable bonds is 7. The third kappa shape index (κ3) is 10.6. The Hall–Kier alpha value is -12.4. The van der Waals surface area contributed by atoms with Crippen LogP contribution in [0.15, 0.2) is 381 Å². The van der Waals surface area contributed by atoms with Gasteiger partial charge < -0.3 is 9.55 Å². The highest BCUT2D eigenvalue weighted by molar-refractivity contribution is 9.10. The number of fused-ring (bicyclic) bond motifs is 12. The third-order valence-electron chi connectivity index (χ3n) is 19.9. The summed E-state index contributed by atoms with van der Waals surface area (Å²) < 4.78 is 3.51. The minimum absolute atomic E-state index is 1.10. The predicted molar refractivity (Wildman–Crippen MR) is 428 cm³/mol. The summed E-state index contributed by atoms with van der Waals surface area (Å²) in [7, 11) is 0. The minimum Gasteiger partial charge on any atom is -0.355 e. The lowest BCUT2D eigenvalue weighted by molar-refractivity contribution is 1.18. The number of aromatic nitrogens is 2. The van der Waals surface area contributed by atoms with Gasteiger partial charge in [-0.05, 0) is 192 Å². The molecule has 18 aromatic carbocycles. The molecule has 0 unspecified atom stereocenters. The summed E-state index contributed by atoms with van der Waals surface area (Å²) in [4.78, 5) is 3.49. The molecular formula is C96H63BrN2. The number of benzene rings is 18. The van der Waals surface area contributed by atoms with Gasteiger partial charge in [0, 0.05) is 42.7 Å². The van der Waals surface area contributed by atoms with Gasteiger partial charge in [-0.15, -0.1) is 0 Å². The van der Waals surface area contributed by atoms with Crippen molar-refractivity contribution in [2.24, 2.45) is 0 Å². The van der Waals surface area contributed by atoms with Gasteiger partial charge in [0.25, 0.3) is 0 Å². The molecule has 0 spiro atoms. The van der Waals surface area contributed by atoms with Crippen molar-refractivity contribution in [3.63, 3.8) is 0 Å². The van der Waals surface area contributed by atoms with E-state index >= 15 is 0 Å². The highest BCUT2D eigenvalue weighted by Gasteiger charge is 2.20. The van der Waals surface area contributed by atoms with Gasteiger partial charge in [0.2, 0.25) is 0 Å². The summed E-state index contributed by atoms with van der Waals surface area (Å²) in [6.07, 6.45) is 0. The Labute approximate surface area is 582 Å². The maximum atomic E-state index is 3.56. The first-order chi connectivity index (χ1) is 49.1. The molecule has 20 aromatic rings. The van der Waals surface area contributed by atoms with E-state index in [4.69, 9.17) is 0 Å². The van der Waals surface area contributed by atoms with Crippen LogP contribution in [-0.4, -0.2) is 9.55 Å². The minimum atomic E-state index is 1.10. The van der Waals surface area contributed by atoms with E-state index in [2.05, 4.69) is 402 Å². The largest absolute Gasteiger partial charge is 0.355 e. The topological polar surface area (TPSA) is 20.7 Å². The summed E-state index contributed by atoms with van der Waals surface area (Å²) in [6, 6.07) is 136. The first kappa shape index (κ1) is 59.1. The Morgan fingerprint density at radius 3 is 1.00 bits per heavy atom. The van der Waals surface area contributed by atoms with Crippen molar-refractivity contribution in [1.82, 2.24) is 9.55 Å². The zero-order chi connectivity index (χ0) is 65.8. The van der Waals surface area contributed by atoms with Gasteiger partial charge in [-0.1, -0.05) is 331 Å². The van der Waals surface area contributed by atoms with E-state index in [-0.39, 0.29) is 0 Å². The predicted octanol–water partition coefficient (Wildman–Crippen LogP) is 27.5. The fourth-order valence-electron chi connectivity index (χ4n) is 15.5. The Morgan fingerprint density at radius 2 is 0.525 bits per heavy atom. The van der Waals surface area contributed by atoms with Gasteiger partial charge in [0.15, 0.2) is 0 Å². The lowest BCUT2D eigenvalue weighted by Crippen LogP contribution is -1.94. The number of nitrogens with one attached hydrogen (secondary N) is 1. The Morgan fingerprint density at radius 1 is 0.202 bits per heavy atom. The Balaban J connectivity index is 0.000000119. The molecule has 3 heteroatoms. The van der Waals surface area contributed by atoms with Crippen LogP contribution in [0.5, 0.6) is 0 Å². The molecule has 0 saturated carbocycles. The fourth-order valence-corrected chi connectivity index (χ4v) is 15.8. The van der Waals surface area contributed by atoms with Crippen LogP contribution in [-0.2, 0) is 0 Å². The molecule has 0 saturated heterocycles. The summed E-state index contributed by atoms with van der Waals surface area (Å²) >= 11 is 3.56. The van der Waals surface area contributed by atoms with E-state index in [9.17, 15) is 0 Å². The van der Waals surface area contributed by atoms with Crippen molar-refractivity contribution >= 4 is 124 Å². The van der Waals surface area contributed by atoms with E-state index < -0.39 is 0 Å². The zero-order valence-electron chi connectivity index (χ0n) is 54.1. The lowest BCUT2D eigenvalue weighted by Gasteiger charge is -2.18. The normalized spacial score (nSPS) is 11.5. The third-order valence-corrected chi connectivity index (χ3v) is 20.4. The molecule has 0 aliphatic carbocycles. The molecule has 0 aliphatic heterocycles. The molecule has 464 valence electrons. The second kappa shape index (κ2) is 25.3. The van der Waals surface area contributed by atoms with Crippen LogP contribution in [0.2, 0.25) is 0 Å². The van der Waals surface area contributed by atoms with Crippen molar-refractivity contribution in [2.45, 2.75) is 0 Å². The molecule has 2 nitrogen and oxygen atoms in total. The van der Waals surface area contributed by atoms with Crippen LogP contribution in [0.25, 0.3) is 181 Å². The molecule has 0 amide bonds. The van der Waals surface area contributed by atoms with E-state index in [1.807, 2.05) is 0 Å². The second-order valence-corrected chi connectivity index (χ2v) is 26.5. The van der Waals surface area contributed by atoms with Gasteiger partial charge in [-0.2, -0.15) is 0 Å². The maximum Gasteiger partial charge on any atom is 0.0541 e. The van der Waals surface area contributed by atoms with Gasteiger partial charge in [0.1, 0.15) is 0 Å². The molecule has 2 aromatic heterocycles. The molecule has 0 bridgehead atoms. The molecule has 0 aliphatic rings. The smallest absolute Gasteiger partial charge is 0.0541 e. The van der Waals surface area contributed by atoms with Crippen LogP contribution in [0.3, 0.4) is 0 Å². The van der Waals surface area contributed by atoms with E-state index in [1.54, 1.807) is 0 Å². The average molecular weight is 1320 g/mol. The van der Waals surface area contributed by atoms with Gasteiger partial charge >= 0.3 is 0 Å². The Kier molecular flexibility index (Phi) is 15.1. The number of aromatic amines is 1. The van der Waals surface area contributed by atoms with Gasteiger partial charge in [-0.25, -0.2) is 0 Å². The van der Waals surface area contributed by atoms with Crippen LogP contribution in [0.4, 0.5) is 0 Å². The molecule has 0 fully saturated rings. The number of hydrogen-bond donors (Lipinski definition) is 1. The molecule has 0 radical (unpaired) electrons. The first-order valence-electron chi connectivity index (χ1n) is 33.9. The van der Waals surface area contributed by atoms with Crippen LogP contribution in [0, 0.1) is 0 Å². The summed E-state index contributed by atoms with van der Waals surface area (Å²) in [5, 5.41) is 20.5. The standard InChI is InChI=1S/C48H31N.C26H17Br.C22H15N/c1-2-14-33(15-3-1)47-40-19-6-8-21-42(40)48(43-22-9-7-20-41(43)47)34-25-28-36(29-26-34)49-45-24-11-10-18-39(45)44-31-35(27-30-46(44)49)38-23-12-16-32-13-4-5-17-37(32)38;27-20-16-14-19(15-17-20)26-23-12-6-4-10-21(23)25(18-8-2-1-3-9-18)22-11-5-7-13-24(22)26;1-2-8-17-15(6-1)7-5-10-18(17)16-12-13-22-20(14-16)19-9-3-4-11-21(19)23-22/h1-31H;1-17H;1-14,23H. The summed E-state index contributed by atoms with van der Waals surface area (Å²) in [5.41, 5.74) is 21.1. The highest BCUT2D eigenvalue weighted by Crippen LogP contribution is 2.47. The van der Waals surface area contributed by atoms with Gasteiger partial charge in [-0.3, -0.25) is 0 Å². The number of para-hydroxylation sites is 2. The van der Waals surface area contributed by atoms with E-state index in [1.165, 1.54) is 175 Å². The molecule has 99 heavy (non-hydrogen) atoms. The van der Waals surface area contributed by atoms with Crippen LogP contribution < -0.4 is 0 Å². The molecule has 1 N–H and O–H groups in total. The van der Waals surface area contributed by atoms with Gasteiger partial charge in [0.05, 0.1) is 11.0 Å². The van der Waals surface area contributed by atoms with Crippen molar-refractivity contribution in [2.75, 3.05) is 0 Å². The quantitative estimate of drug-likeness (QED) is 0.154. The Bertz CT molecular complexity index is 6340. The van der Waals surface area contributed by atoms with Crippen LogP contribution >= 0.6 is 15.9 Å². The monoisotopic (exact) mass is 1320 g/mol. The van der Waals surface area contributed by atoms with Crippen molar-refractivity contribution in [3.05, 3.63) is 381 Å².